The number of amides is 4. The number of rotatable bonds is 4. The third kappa shape index (κ3) is 2.07. The van der Waals surface area contributed by atoms with Crippen LogP contribution in [0.1, 0.15) is 74.0 Å². The fourth-order valence-corrected chi connectivity index (χ4v) is 4.13. The van der Waals surface area contributed by atoms with Crippen LogP contribution in [-0.4, -0.2) is 46.0 Å². The molecule has 0 saturated heterocycles. The second-order valence-corrected chi connectivity index (χ2v) is 7.40. The number of carbonyl (C=O) groups is 4. The lowest BCUT2D eigenvalue weighted by molar-refractivity contribution is 0.0581. The van der Waals surface area contributed by atoms with Gasteiger partial charge in [0.2, 0.25) is 0 Å². The summed E-state index contributed by atoms with van der Waals surface area (Å²) in [6, 6.07) is 6.46. The van der Waals surface area contributed by atoms with Crippen LogP contribution in [0, 0.1) is 0 Å². The smallest absolute Gasteiger partial charge is 0.261 e. The molecule has 27 heavy (non-hydrogen) atoms. The summed E-state index contributed by atoms with van der Waals surface area (Å²) in [4.78, 5) is 54.3. The SMILES string of the molecule is CCCCN1C(=O)c2ccc3c4c(ccc(c24)C1=O)C(=O)N(C1CC1)C3=O. The van der Waals surface area contributed by atoms with Crippen molar-refractivity contribution in [3.8, 4) is 0 Å². The zero-order chi connectivity index (χ0) is 18.9. The first kappa shape index (κ1) is 16.2. The monoisotopic (exact) mass is 362 g/mol. The maximum atomic E-state index is 12.9. The number of carbonyl (C=O) groups excluding carboxylic acids is 4. The normalized spacial score (nSPS) is 18.7. The van der Waals surface area contributed by atoms with E-state index >= 15 is 0 Å². The molecule has 1 aliphatic carbocycles. The summed E-state index contributed by atoms with van der Waals surface area (Å²) >= 11 is 0. The lowest BCUT2D eigenvalue weighted by Gasteiger charge is -2.32. The lowest BCUT2D eigenvalue weighted by atomic mass is 9.86. The molecule has 3 aliphatic rings. The predicted octanol–water partition coefficient (Wildman–Crippen LogP) is 2.99. The molecular weight excluding hydrogens is 344 g/mol. The molecule has 5 rings (SSSR count). The zero-order valence-corrected chi connectivity index (χ0v) is 14.9. The van der Waals surface area contributed by atoms with Crippen molar-refractivity contribution >= 4 is 34.4 Å². The standard InChI is InChI=1S/C21H18N2O4/c1-2-3-10-22-18(24)12-6-8-14-17-15(9-7-13(16(12)17)19(22)25)21(27)23(20(14)26)11-4-5-11/h6-9,11H,2-5,10H2,1H3. The molecule has 2 aromatic carbocycles. The summed E-state index contributed by atoms with van der Waals surface area (Å²) in [5.41, 5.74) is 1.59. The minimum absolute atomic E-state index is 0.0340. The zero-order valence-electron chi connectivity index (χ0n) is 14.9. The van der Waals surface area contributed by atoms with E-state index in [1.165, 1.54) is 9.80 Å². The molecule has 6 heteroatoms. The Morgan fingerprint density at radius 1 is 0.778 bits per heavy atom. The van der Waals surface area contributed by atoms with E-state index in [2.05, 4.69) is 0 Å². The summed E-state index contributed by atoms with van der Waals surface area (Å²) in [6.45, 7) is 2.37. The molecule has 0 radical (unpaired) electrons. The van der Waals surface area contributed by atoms with Crippen LogP contribution in [0.25, 0.3) is 10.8 Å². The minimum atomic E-state index is -0.353. The number of unbranched alkanes of at least 4 members (excludes halogenated alkanes) is 1. The van der Waals surface area contributed by atoms with Crippen LogP contribution in [0.5, 0.6) is 0 Å². The van der Waals surface area contributed by atoms with Crippen LogP contribution in [0.2, 0.25) is 0 Å². The number of nitrogens with zero attached hydrogens (tertiary/aromatic N) is 2. The average Bonchev–Trinajstić information content (AvgIpc) is 3.49. The van der Waals surface area contributed by atoms with Crippen molar-refractivity contribution in [2.45, 2.75) is 38.6 Å². The first-order chi connectivity index (χ1) is 13.0. The van der Waals surface area contributed by atoms with Crippen LogP contribution in [-0.2, 0) is 0 Å². The van der Waals surface area contributed by atoms with Gasteiger partial charge in [0, 0.05) is 45.6 Å². The van der Waals surface area contributed by atoms with Crippen molar-refractivity contribution in [1.29, 1.82) is 0 Å². The van der Waals surface area contributed by atoms with Crippen molar-refractivity contribution in [1.82, 2.24) is 9.80 Å². The Bertz CT molecular complexity index is 997. The maximum Gasteiger partial charge on any atom is 0.261 e. The number of imide groups is 2. The topological polar surface area (TPSA) is 74.8 Å². The van der Waals surface area contributed by atoms with Crippen molar-refractivity contribution in [2.75, 3.05) is 6.54 Å². The third-order valence-corrected chi connectivity index (χ3v) is 5.66. The van der Waals surface area contributed by atoms with E-state index in [4.69, 9.17) is 0 Å². The molecule has 0 atom stereocenters. The fraction of sp³-hybridized carbons (Fsp3) is 0.333. The van der Waals surface area contributed by atoms with Gasteiger partial charge < -0.3 is 0 Å². The van der Waals surface area contributed by atoms with E-state index in [9.17, 15) is 19.2 Å². The van der Waals surface area contributed by atoms with E-state index in [1.807, 2.05) is 6.92 Å². The van der Waals surface area contributed by atoms with Crippen molar-refractivity contribution in [3.63, 3.8) is 0 Å². The summed E-state index contributed by atoms with van der Waals surface area (Å²) in [7, 11) is 0. The molecule has 2 heterocycles. The van der Waals surface area contributed by atoms with Gasteiger partial charge in [0.15, 0.2) is 0 Å². The van der Waals surface area contributed by atoms with Gasteiger partial charge in [0.25, 0.3) is 23.6 Å². The molecule has 2 aromatic rings. The van der Waals surface area contributed by atoms with Gasteiger partial charge in [0.05, 0.1) is 0 Å². The van der Waals surface area contributed by atoms with E-state index in [-0.39, 0.29) is 29.7 Å². The Kier molecular flexibility index (Phi) is 3.29. The van der Waals surface area contributed by atoms with Crippen LogP contribution in [0.3, 0.4) is 0 Å². The van der Waals surface area contributed by atoms with Gasteiger partial charge in [-0.1, -0.05) is 13.3 Å². The van der Waals surface area contributed by atoms with Gasteiger partial charge in [-0.25, -0.2) is 0 Å². The Balaban J connectivity index is 1.75. The van der Waals surface area contributed by atoms with Gasteiger partial charge in [-0.3, -0.25) is 29.0 Å². The van der Waals surface area contributed by atoms with Gasteiger partial charge in [-0.15, -0.1) is 0 Å². The molecule has 6 nitrogen and oxygen atoms in total. The number of hydrogen-bond acceptors (Lipinski definition) is 4. The van der Waals surface area contributed by atoms with E-state index in [0.717, 1.165) is 25.7 Å². The molecule has 1 fully saturated rings. The average molecular weight is 362 g/mol. The molecule has 0 aromatic heterocycles. The second-order valence-electron chi connectivity index (χ2n) is 7.40. The fourth-order valence-electron chi connectivity index (χ4n) is 4.13. The quantitative estimate of drug-likeness (QED) is 0.784. The number of hydrogen-bond donors (Lipinski definition) is 0. The van der Waals surface area contributed by atoms with Gasteiger partial charge >= 0.3 is 0 Å². The predicted molar refractivity (Wildman–Crippen MR) is 97.7 cm³/mol. The summed E-state index contributed by atoms with van der Waals surface area (Å²) in [5, 5.41) is 0.902. The van der Waals surface area contributed by atoms with E-state index in [0.29, 0.717) is 39.6 Å². The summed E-state index contributed by atoms with van der Waals surface area (Å²) < 4.78 is 0. The minimum Gasteiger partial charge on any atom is -0.274 e. The highest BCUT2D eigenvalue weighted by Gasteiger charge is 2.44. The molecule has 136 valence electrons. The molecule has 0 unspecified atom stereocenters. The lowest BCUT2D eigenvalue weighted by Crippen LogP contribution is -2.44. The van der Waals surface area contributed by atoms with Gasteiger partial charge in [-0.2, -0.15) is 0 Å². The van der Waals surface area contributed by atoms with Crippen molar-refractivity contribution < 1.29 is 19.2 Å². The van der Waals surface area contributed by atoms with Crippen molar-refractivity contribution in [3.05, 3.63) is 46.5 Å². The summed E-state index contributed by atoms with van der Waals surface area (Å²) in [5.74, 6) is -1.36. The maximum absolute atomic E-state index is 12.9. The van der Waals surface area contributed by atoms with E-state index in [1.54, 1.807) is 24.3 Å². The van der Waals surface area contributed by atoms with E-state index < -0.39 is 0 Å². The highest BCUT2D eigenvalue weighted by molar-refractivity contribution is 6.33. The van der Waals surface area contributed by atoms with Crippen LogP contribution >= 0.6 is 0 Å². The molecule has 0 bridgehead atoms. The molecular formula is C21H18N2O4. The molecule has 4 amide bonds. The Labute approximate surface area is 155 Å². The Morgan fingerprint density at radius 3 is 1.63 bits per heavy atom. The Hall–Kier alpha value is -3.02. The largest absolute Gasteiger partial charge is 0.274 e. The van der Waals surface area contributed by atoms with Crippen LogP contribution < -0.4 is 0 Å². The molecule has 1 saturated carbocycles. The number of benzene rings is 2. The highest BCUT2D eigenvalue weighted by atomic mass is 16.2. The molecule has 0 spiro atoms. The third-order valence-electron chi connectivity index (χ3n) is 5.66. The van der Waals surface area contributed by atoms with Crippen molar-refractivity contribution in [2.24, 2.45) is 0 Å². The van der Waals surface area contributed by atoms with Crippen LogP contribution in [0.4, 0.5) is 0 Å². The first-order valence-corrected chi connectivity index (χ1v) is 9.38. The first-order valence-electron chi connectivity index (χ1n) is 9.38. The Morgan fingerprint density at radius 2 is 1.22 bits per heavy atom. The van der Waals surface area contributed by atoms with Crippen LogP contribution in [0.15, 0.2) is 24.3 Å². The van der Waals surface area contributed by atoms with Gasteiger partial charge in [-0.05, 0) is 43.5 Å². The highest BCUT2D eigenvalue weighted by Crippen LogP contribution is 2.40. The molecule has 0 N–H and O–H groups in total. The molecule has 2 aliphatic heterocycles. The van der Waals surface area contributed by atoms with Gasteiger partial charge in [0.1, 0.15) is 0 Å². The summed E-state index contributed by atoms with van der Waals surface area (Å²) in [6.07, 6.45) is 3.27. The second kappa shape index (κ2) is 5.49.